The van der Waals surface area contributed by atoms with Crippen LogP contribution in [0, 0.1) is 0 Å². The van der Waals surface area contributed by atoms with Gasteiger partial charge in [-0.25, -0.2) is 0 Å². The molecule has 0 heterocycles. The molecule has 0 N–H and O–H groups in total. The molecule has 0 amide bonds. The zero-order valence-electron chi connectivity index (χ0n) is 14.2. The SMILES string of the molecule is CC(C)OB(OC(C)C)c1cc2ccccc2c2ccccc12. The molecule has 3 rings (SSSR count). The Balaban J connectivity index is 2.24. The van der Waals surface area contributed by atoms with Gasteiger partial charge in [0.2, 0.25) is 0 Å². The first-order chi connectivity index (χ1) is 11.1. The Morgan fingerprint density at radius 1 is 0.696 bits per heavy atom. The summed E-state index contributed by atoms with van der Waals surface area (Å²) in [6.45, 7) is 8.17. The average Bonchev–Trinajstić information content (AvgIpc) is 2.52. The fourth-order valence-electron chi connectivity index (χ4n) is 2.95. The van der Waals surface area contributed by atoms with Gasteiger partial charge < -0.3 is 9.31 Å². The largest absolute Gasteiger partial charge is 0.494 e. The van der Waals surface area contributed by atoms with Gasteiger partial charge in [-0.1, -0.05) is 54.6 Å². The van der Waals surface area contributed by atoms with Crippen LogP contribution in [-0.2, 0) is 9.31 Å². The number of hydrogen-bond donors (Lipinski definition) is 0. The predicted octanol–water partition coefficient (Wildman–Crippen LogP) is 4.54. The zero-order chi connectivity index (χ0) is 16.4. The topological polar surface area (TPSA) is 18.5 Å². The molecule has 0 aliphatic heterocycles. The molecule has 0 saturated carbocycles. The molecule has 3 aromatic rings. The first kappa shape index (κ1) is 16.0. The standard InChI is InChI=1S/C20H23BO2/c1-14(2)22-21(23-15(3)4)20-13-16-9-5-6-10-17(16)18-11-7-8-12-19(18)20/h5-15H,1-4H3. The summed E-state index contributed by atoms with van der Waals surface area (Å²) >= 11 is 0. The van der Waals surface area contributed by atoms with Crippen LogP contribution in [-0.4, -0.2) is 19.3 Å². The van der Waals surface area contributed by atoms with E-state index >= 15 is 0 Å². The van der Waals surface area contributed by atoms with Gasteiger partial charge in [0.25, 0.3) is 0 Å². The van der Waals surface area contributed by atoms with Crippen molar-refractivity contribution >= 4 is 34.1 Å². The van der Waals surface area contributed by atoms with E-state index in [2.05, 4.69) is 54.6 Å². The third kappa shape index (κ3) is 3.41. The first-order valence-electron chi connectivity index (χ1n) is 8.27. The lowest BCUT2D eigenvalue weighted by molar-refractivity contribution is 0.139. The molecule has 2 nitrogen and oxygen atoms in total. The summed E-state index contributed by atoms with van der Waals surface area (Å²) < 4.78 is 12.2. The highest BCUT2D eigenvalue weighted by Gasteiger charge is 2.26. The molecule has 0 unspecified atom stereocenters. The van der Waals surface area contributed by atoms with Gasteiger partial charge in [-0.3, -0.25) is 0 Å². The zero-order valence-corrected chi connectivity index (χ0v) is 14.2. The molecule has 0 spiro atoms. The number of benzene rings is 3. The fourth-order valence-corrected chi connectivity index (χ4v) is 2.95. The minimum atomic E-state index is -0.357. The number of fused-ring (bicyclic) bond motifs is 3. The quantitative estimate of drug-likeness (QED) is 0.509. The van der Waals surface area contributed by atoms with Crippen LogP contribution in [0.4, 0.5) is 0 Å². The van der Waals surface area contributed by atoms with Crippen molar-refractivity contribution in [1.82, 2.24) is 0 Å². The predicted molar refractivity (Wildman–Crippen MR) is 99.3 cm³/mol. The second kappa shape index (κ2) is 6.73. The molecule has 3 aromatic carbocycles. The van der Waals surface area contributed by atoms with E-state index in [1.165, 1.54) is 21.5 Å². The molecule has 0 saturated heterocycles. The van der Waals surface area contributed by atoms with Crippen molar-refractivity contribution in [2.24, 2.45) is 0 Å². The lowest BCUT2D eigenvalue weighted by Gasteiger charge is -2.22. The lowest BCUT2D eigenvalue weighted by atomic mass is 9.74. The van der Waals surface area contributed by atoms with E-state index in [1.54, 1.807) is 0 Å². The smallest absolute Gasteiger partial charge is 0.405 e. The van der Waals surface area contributed by atoms with Crippen molar-refractivity contribution in [3.8, 4) is 0 Å². The van der Waals surface area contributed by atoms with Crippen molar-refractivity contribution in [2.75, 3.05) is 0 Å². The van der Waals surface area contributed by atoms with Crippen LogP contribution in [0.15, 0.2) is 54.6 Å². The van der Waals surface area contributed by atoms with Crippen molar-refractivity contribution in [1.29, 1.82) is 0 Å². The summed E-state index contributed by atoms with van der Waals surface area (Å²) in [5, 5.41) is 4.91. The summed E-state index contributed by atoms with van der Waals surface area (Å²) in [6.07, 6.45) is 0.202. The normalized spacial score (nSPS) is 11.7. The third-order valence-electron chi connectivity index (χ3n) is 3.85. The Labute approximate surface area is 138 Å². The van der Waals surface area contributed by atoms with E-state index in [0.717, 1.165) is 5.46 Å². The molecule has 0 radical (unpaired) electrons. The number of rotatable bonds is 5. The van der Waals surface area contributed by atoms with Gasteiger partial charge in [0, 0.05) is 12.2 Å². The molecular weight excluding hydrogens is 283 g/mol. The van der Waals surface area contributed by atoms with Crippen molar-refractivity contribution < 1.29 is 9.31 Å². The van der Waals surface area contributed by atoms with Gasteiger partial charge >= 0.3 is 7.12 Å². The molecule has 0 aliphatic rings. The second-order valence-corrected chi connectivity index (χ2v) is 6.43. The lowest BCUT2D eigenvalue weighted by Crippen LogP contribution is -2.41. The summed E-state index contributed by atoms with van der Waals surface area (Å²) in [5.41, 5.74) is 1.10. The van der Waals surface area contributed by atoms with E-state index in [0.29, 0.717) is 0 Å². The molecule has 0 bridgehead atoms. The molecule has 0 aliphatic carbocycles. The molecule has 0 fully saturated rings. The van der Waals surface area contributed by atoms with Crippen LogP contribution in [0.5, 0.6) is 0 Å². The van der Waals surface area contributed by atoms with E-state index in [1.807, 2.05) is 27.7 Å². The third-order valence-corrected chi connectivity index (χ3v) is 3.85. The molecule has 0 atom stereocenters. The minimum absolute atomic E-state index is 0.101. The van der Waals surface area contributed by atoms with Crippen LogP contribution in [0.2, 0.25) is 0 Å². The Kier molecular flexibility index (Phi) is 4.70. The molecular formula is C20H23BO2. The van der Waals surface area contributed by atoms with Gasteiger partial charge in [0.15, 0.2) is 0 Å². The van der Waals surface area contributed by atoms with E-state index < -0.39 is 0 Å². The summed E-state index contributed by atoms with van der Waals surface area (Å²) in [4.78, 5) is 0. The van der Waals surface area contributed by atoms with Crippen LogP contribution >= 0.6 is 0 Å². The molecule has 0 aromatic heterocycles. The highest BCUT2D eigenvalue weighted by atomic mass is 16.6. The van der Waals surface area contributed by atoms with E-state index in [4.69, 9.17) is 9.31 Å². The summed E-state index contributed by atoms with van der Waals surface area (Å²) in [5.74, 6) is 0. The van der Waals surface area contributed by atoms with E-state index in [-0.39, 0.29) is 19.3 Å². The van der Waals surface area contributed by atoms with Crippen molar-refractivity contribution in [2.45, 2.75) is 39.9 Å². The second-order valence-electron chi connectivity index (χ2n) is 6.43. The Hall–Kier alpha value is -1.84. The van der Waals surface area contributed by atoms with Gasteiger partial charge in [-0.05, 0) is 54.7 Å². The van der Waals surface area contributed by atoms with Crippen LogP contribution in [0.25, 0.3) is 21.5 Å². The highest BCUT2D eigenvalue weighted by Crippen LogP contribution is 2.24. The Bertz CT molecular complexity index is 801. The molecule has 23 heavy (non-hydrogen) atoms. The molecule has 118 valence electrons. The minimum Gasteiger partial charge on any atom is -0.405 e. The Morgan fingerprint density at radius 2 is 1.22 bits per heavy atom. The monoisotopic (exact) mass is 306 g/mol. The summed E-state index contributed by atoms with van der Waals surface area (Å²) in [7, 11) is -0.357. The maximum atomic E-state index is 6.08. The average molecular weight is 306 g/mol. The van der Waals surface area contributed by atoms with Crippen molar-refractivity contribution in [3.05, 3.63) is 54.6 Å². The van der Waals surface area contributed by atoms with Crippen LogP contribution < -0.4 is 5.46 Å². The van der Waals surface area contributed by atoms with Crippen LogP contribution in [0.3, 0.4) is 0 Å². The fraction of sp³-hybridized carbons (Fsp3) is 0.300. The first-order valence-corrected chi connectivity index (χ1v) is 8.27. The van der Waals surface area contributed by atoms with Crippen molar-refractivity contribution in [3.63, 3.8) is 0 Å². The Morgan fingerprint density at radius 3 is 1.83 bits per heavy atom. The molecule has 3 heteroatoms. The van der Waals surface area contributed by atoms with Gasteiger partial charge in [0.1, 0.15) is 0 Å². The maximum absolute atomic E-state index is 6.08. The highest BCUT2D eigenvalue weighted by molar-refractivity contribution is 6.65. The van der Waals surface area contributed by atoms with Crippen LogP contribution in [0.1, 0.15) is 27.7 Å². The maximum Gasteiger partial charge on any atom is 0.494 e. The summed E-state index contributed by atoms with van der Waals surface area (Å²) in [6, 6.07) is 19.1. The van der Waals surface area contributed by atoms with Gasteiger partial charge in [-0.15, -0.1) is 0 Å². The number of hydrogen-bond acceptors (Lipinski definition) is 2. The van der Waals surface area contributed by atoms with Gasteiger partial charge in [-0.2, -0.15) is 0 Å². The van der Waals surface area contributed by atoms with Gasteiger partial charge in [0.05, 0.1) is 0 Å². The van der Waals surface area contributed by atoms with E-state index in [9.17, 15) is 0 Å².